The Kier molecular flexibility index (Phi) is 5.74. The number of hydrogen-bond acceptors (Lipinski definition) is 2. The molecule has 4 nitrogen and oxygen atoms in total. The van der Waals surface area contributed by atoms with Crippen molar-refractivity contribution in [3.8, 4) is 0 Å². The molecule has 2 aromatic carbocycles. The summed E-state index contributed by atoms with van der Waals surface area (Å²) in [6, 6.07) is 13.6. The molecular weight excluding hydrogens is 300 g/mol. The fraction of sp³-hybridized carbons (Fsp3) is 0.300. The molecule has 0 unspecified atom stereocenters. The number of aryl methyl sites for hydroxylation is 3. The summed E-state index contributed by atoms with van der Waals surface area (Å²) in [5.41, 5.74) is 4.72. The molecule has 0 bridgehead atoms. The molecule has 0 saturated carbocycles. The Bertz CT molecular complexity index is 716. The van der Waals surface area contributed by atoms with E-state index in [0.717, 1.165) is 28.9 Å². The number of benzene rings is 2. The van der Waals surface area contributed by atoms with Crippen LogP contribution >= 0.6 is 0 Å². The van der Waals surface area contributed by atoms with Crippen molar-refractivity contribution in [3.05, 3.63) is 59.2 Å². The highest BCUT2D eigenvalue weighted by Crippen LogP contribution is 2.24. The van der Waals surface area contributed by atoms with Crippen LogP contribution in [-0.4, -0.2) is 18.4 Å². The number of nitrogens with one attached hydrogen (secondary N) is 1. The molecule has 2 amide bonds. The van der Waals surface area contributed by atoms with E-state index in [9.17, 15) is 9.59 Å². The second kappa shape index (κ2) is 7.77. The minimum Gasteiger partial charge on any atom is -0.325 e. The Balaban J connectivity index is 2.15. The van der Waals surface area contributed by atoms with Gasteiger partial charge in [-0.1, -0.05) is 37.3 Å². The second-order valence-electron chi connectivity index (χ2n) is 5.94. The summed E-state index contributed by atoms with van der Waals surface area (Å²) in [6.07, 6.45) is 0.957. The van der Waals surface area contributed by atoms with Gasteiger partial charge in [0.1, 0.15) is 6.54 Å². The molecule has 4 heteroatoms. The van der Waals surface area contributed by atoms with Gasteiger partial charge in [0.2, 0.25) is 11.8 Å². The van der Waals surface area contributed by atoms with Gasteiger partial charge in [-0.25, -0.2) is 0 Å². The molecule has 24 heavy (non-hydrogen) atoms. The predicted octanol–water partition coefficient (Wildman–Crippen LogP) is 3.86. The quantitative estimate of drug-likeness (QED) is 0.908. The molecule has 0 aliphatic carbocycles. The lowest BCUT2D eigenvalue weighted by atomic mass is 10.1. The van der Waals surface area contributed by atoms with E-state index in [1.165, 1.54) is 17.4 Å². The monoisotopic (exact) mass is 324 g/mol. The average Bonchev–Trinajstić information content (AvgIpc) is 2.54. The van der Waals surface area contributed by atoms with Crippen LogP contribution in [0.2, 0.25) is 0 Å². The molecule has 0 aliphatic rings. The van der Waals surface area contributed by atoms with Crippen LogP contribution in [0.1, 0.15) is 30.5 Å². The maximum atomic E-state index is 12.4. The minimum atomic E-state index is -0.211. The zero-order chi connectivity index (χ0) is 17.7. The van der Waals surface area contributed by atoms with Gasteiger partial charge >= 0.3 is 0 Å². The molecule has 2 rings (SSSR count). The second-order valence-corrected chi connectivity index (χ2v) is 5.94. The first-order valence-electron chi connectivity index (χ1n) is 8.15. The first-order chi connectivity index (χ1) is 11.4. The standard InChI is InChI=1S/C20H24N2O2/c1-5-17-9-11-18(12-10-17)21-19(24)13-22(16(4)23)20-14(2)7-6-8-15(20)3/h6-12H,5,13H2,1-4H3,(H,21,24). The van der Waals surface area contributed by atoms with Crippen LogP contribution in [0.4, 0.5) is 11.4 Å². The summed E-state index contributed by atoms with van der Waals surface area (Å²) in [4.78, 5) is 26.0. The van der Waals surface area contributed by atoms with Gasteiger partial charge in [0.05, 0.1) is 5.69 Å². The van der Waals surface area contributed by atoms with E-state index in [-0.39, 0.29) is 18.4 Å². The van der Waals surface area contributed by atoms with Gasteiger partial charge < -0.3 is 10.2 Å². The lowest BCUT2D eigenvalue weighted by Gasteiger charge is -2.24. The van der Waals surface area contributed by atoms with E-state index in [1.54, 1.807) is 0 Å². The molecule has 0 atom stereocenters. The average molecular weight is 324 g/mol. The van der Waals surface area contributed by atoms with Crippen molar-refractivity contribution in [1.82, 2.24) is 0 Å². The number of hydrogen-bond donors (Lipinski definition) is 1. The van der Waals surface area contributed by atoms with Crippen LogP contribution in [0.25, 0.3) is 0 Å². The summed E-state index contributed by atoms with van der Waals surface area (Å²) in [5, 5.41) is 2.85. The summed E-state index contributed by atoms with van der Waals surface area (Å²) in [6.45, 7) is 7.45. The normalized spacial score (nSPS) is 10.3. The number of carbonyl (C=O) groups is 2. The van der Waals surface area contributed by atoms with Crippen molar-refractivity contribution >= 4 is 23.2 Å². The Labute approximate surface area is 143 Å². The minimum absolute atomic E-state index is 0.00342. The topological polar surface area (TPSA) is 49.4 Å². The lowest BCUT2D eigenvalue weighted by molar-refractivity contribution is -0.120. The van der Waals surface area contributed by atoms with Crippen molar-refractivity contribution < 1.29 is 9.59 Å². The number of anilines is 2. The van der Waals surface area contributed by atoms with E-state index in [1.807, 2.05) is 56.3 Å². The Morgan fingerprint density at radius 1 is 1.00 bits per heavy atom. The summed E-state index contributed by atoms with van der Waals surface area (Å²) < 4.78 is 0. The molecular formula is C20H24N2O2. The predicted molar refractivity (Wildman–Crippen MR) is 98.4 cm³/mol. The third kappa shape index (κ3) is 4.22. The Morgan fingerprint density at radius 2 is 1.58 bits per heavy atom. The van der Waals surface area contributed by atoms with Gasteiger partial charge in [-0.2, -0.15) is 0 Å². The number of rotatable bonds is 5. The van der Waals surface area contributed by atoms with Crippen LogP contribution in [0.15, 0.2) is 42.5 Å². The Hall–Kier alpha value is -2.62. The molecule has 126 valence electrons. The van der Waals surface area contributed by atoms with Crippen LogP contribution in [0, 0.1) is 13.8 Å². The van der Waals surface area contributed by atoms with Crippen molar-refractivity contribution in [2.24, 2.45) is 0 Å². The van der Waals surface area contributed by atoms with Gasteiger partial charge in [-0.3, -0.25) is 9.59 Å². The molecule has 1 N–H and O–H groups in total. The number of nitrogens with zero attached hydrogens (tertiary/aromatic N) is 1. The summed E-state index contributed by atoms with van der Waals surface area (Å²) >= 11 is 0. The fourth-order valence-corrected chi connectivity index (χ4v) is 2.75. The van der Waals surface area contributed by atoms with E-state index >= 15 is 0 Å². The van der Waals surface area contributed by atoms with Crippen LogP contribution in [-0.2, 0) is 16.0 Å². The molecule has 0 fully saturated rings. The van der Waals surface area contributed by atoms with Crippen LogP contribution in [0.3, 0.4) is 0 Å². The van der Waals surface area contributed by atoms with E-state index in [4.69, 9.17) is 0 Å². The first-order valence-corrected chi connectivity index (χ1v) is 8.15. The fourth-order valence-electron chi connectivity index (χ4n) is 2.75. The third-order valence-electron chi connectivity index (χ3n) is 4.04. The zero-order valence-electron chi connectivity index (χ0n) is 14.7. The molecule has 0 aromatic heterocycles. The smallest absolute Gasteiger partial charge is 0.244 e. The molecule has 0 radical (unpaired) electrons. The van der Waals surface area contributed by atoms with Gasteiger partial charge in [0, 0.05) is 12.6 Å². The van der Waals surface area contributed by atoms with Gasteiger partial charge in [-0.05, 0) is 49.1 Å². The molecule has 0 aliphatic heterocycles. The lowest BCUT2D eigenvalue weighted by Crippen LogP contribution is -2.37. The maximum absolute atomic E-state index is 12.4. The van der Waals surface area contributed by atoms with Crippen molar-refractivity contribution in [3.63, 3.8) is 0 Å². The molecule has 0 saturated heterocycles. The van der Waals surface area contributed by atoms with Crippen LogP contribution in [0.5, 0.6) is 0 Å². The molecule has 0 heterocycles. The Morgan fingerprint density at radius 3 is 2.08 bits per heavy atom. The van der Waals surface area contributed by atoms with E-state index in [0.29, 0.717) is 0 Å². The highest BCUT2D eigenvalue weighted by Gasteiger charge is 2.19. The third-order valence-corrected chi connectivity index (χ3v) is 4.04. The molecule has 0 spiro atoms. The largest absolute Gasteiger partial charge is 0.325 e. The van der Waals surface area contributed by atoms with Crippen molar-refractivity contribution in [1.29, 1.82) is 0 Å². The maximum Gasteiger partial charge on any atom is 0.244 e. The van der Waals surface area contributed by atoms with E-state index in [2.05, 4.69) is 12.2 Å². The summed E-state index contributed by atoms with van der Waals surface area (Å²) in [7, 11) is 0. The SMILES string of the molecule is CCc1ccc(NC(=O)CN(C(C)=O)c2c(C)cccc2C)cc1. The number of carbonyl (C=O) groups excluding carboxylic acids is 2. The highest BCUT2D eigenvalue weighted by molar-refractivity contribution is 6.02. The van der Waals surface area contributed by atoms with Gasteiger partial charge in [-0.15, -0.1) is 0 Å². The van der Waals surface area contributed by atoms with Gasteiger partial charge in [0.15, 0.2) is 0 Å². The summed E-state index contributed by atoms with van der Waals surface area (Å²) in [5.74, 6) is -0.360. The van der Waals surface area contributed by atoms with Crippen molar-refractivity contribution in [2.75, 3.05) is 16.8 Å². The number of amides is 2. The van der Waals surface area contributed by atoms with E-state index < -0.39 is 0 Å². The highest BCUT2D eigenvalue weighted by atomic mass is 16.2. The molecule has 2 aromatic rings. The van der Waals surface area contributed by atoms with Gasteiger partial charge in [0.25, 0.3) is 0 Å². The first kappa shape index (κ1) is 17.7. The van der Waals surface area contributed by atoms with Crippen LogP contribution < -0.4 is 10.2 Å². The zero-order valence-corrected chi connectivity index (χ0v) is 14.7. The number of para-hydroxylation sites is 1. The van der Waals surface area contributed by atoms with Crippen molar-refractivity contribution in [2.45, 2.75) is 34.1 Å².